The van der Waals surface area contributed by atoms with Crippen LogP contribution in [-0.4, -0.2) is 17.5 Å². The maximum absolute atomic E-state index is 4.55. The average Bonchev–Trinajstić information content (AvgIpc) is 3.23. The lowest BCUT2D eigenvalue weighted by Crippen LogP contribution is -2.23. The van der Waals surface area contributed by atoms with E-state index in [1.165, 1.54) is 16.8 Å². The number of benzene rings is 1. The zero-order chi connectivity index (χ0) is 15.4. The second-order valence-corrected chi connectivity index (χ2v) is 5.53. The predicted octanol–water partition coefficient (Wildman–Crippen LogP) is 4.77. The van der Waals surface area contributed by atoms with E-state index < -0.39 is 0 Å². The number of nitrogens with zero attached hydrogens (tertiary/aromatic N) is 2. The Labute approximate surface area is 133 Å². The van der Waals surface area contributed by atoms with E-state index in [-0.39, 0.29) is 0 Å². The van der Waals surface area contributed by atoms with Crippen molar-refractivity contribution < 1.29 is 0 Å². The minimum atomic E-state index is 0.527. The van der Waals surface area contributed by atoms with Gasteiger partial charge in [-0.15, -0.1) is 0 Å². The van der Waals surface area contributed by atoms with E-state index in [9.17, 15) is 0 Å². The van der Waals surface area contributed by atoms with E-state index in [1.54, 1.807) is 0 Å². The van der Waals surface area contributed by atoms with Crippen LogP contribution in [0.5, 0.6) is 0 Å². The molecule has 0 bridgehead atoms. The van der Waals surface area contributed by atoms with E-state index in [2.05, 4.69) is 78.1 Å². The smallest absolute Gasteiger partial charge is 0.259 e. The summed E-state index contributed by atoms with van der Waals surface area (Å²) in [6.45, 7) is 5.03. The first kappa shape index (κ1) is 14.6. The Bertz CT molecular complexity index is 705. The maximum atomic E-state index is 4.55. The van der Waals surface area contributed by atoms with Gasteiger partial charge in [0.1, 0.15) is 0 Å². The zero-order valence-electron chi connectivity index (χ0n) is 13.2. The first-order valence-electron chi connectivity index (χ1n) is 8.02. The van der Waals surface area contributed by atoms with Gasteiger partial charge < -0.3 is 4.48 Å². The highest BCUT2D eigenvalue weighted by Crippen LogP contribution is 2.30. The fraction of sp³-hybridized carbons (Fsp3) is 0.211. The molecule has 0 saturated heterocycles. The topological polar surface area (TPSA) is 17.3 Å². The lowest BCUT2D eigenvalue weighted by Gasteiger charge is -2.18. The average molecular weight is 288 g/mol. The minimum Gasteiger partial charge on any atom is -0.392 e. The van der Waals surface area contributed by atoms with Crippen LogP contribution in [0.3, 0.4) is 0 Å². The summed E-state index contributed by atoms with van der Waals surface area (Å²) in [6, 6.07) is 14.9. The summed E-state index contributed by atoms with van der Waals surface area (Å²) < 4.78 is 2.40. The lowest BCUT2D eigenvalue weighted by atomic mass is 9.56. The molecular formula is C19H21BN2. The van der Waals surface area contributed by atoms with Gasteiger partial charge in [0.15, 0.2) is 0 Å². The number of aromatic nitrogens is 1. The molecule has 3 rings (SSSR count). The van der Waals surface area contributed by atoms with Crippen molar-refractivity contribution in [1.29, 1.82) is 0 Å². The summed E-state index contributed by atoms with van der Waals surface area (Å²) in [5, 5.41) is 0. The Morgan fingerprint density at radius 3 is 2.45 bits per heavy atom. The third-order valence-electron chi connectivity index (χ3n) is 4.24. The molecule has 0 atom stereocenters. The number of allylic oxidation sites excluding steroid dienone is 2. The Hall–Kier alpha value is -2.29. The van der Waals surface area contributed by atoms with Crippen LogP contribution in [0.25, 0.3) is 5.57 Å². The van der Waals surface area contributed by atoms with Crippen LogP contribution in [0.2, 0.25) is 12.6 Å². The van der Waals surface area contributed by atoms with Gasteiger partial charge in [0.2, 0.25) is 0 Å². The maximum Gasteiger partial charge on any atom is 0.259 e. The van der Waals surface area contributed by atoms with Crippen LogP contribution in [0.4, 0.5) is 0 Å². The molecule has 0 aliphatic carbocycles. The quantitative estimate of drug-likeness (QED) is 0.705. The molecule has 22 heavy (non-hydrogen) atoms. The normalized spacial score (nSPS) is 15.4. The van der Waals surface area contributed by atoms with Crippen LogP contribution in [0, 0.1) is 0 Å². The second kappa shape index (κ2) is 6.65. The molecule has 1 aromatic carbocycles. The monoisotopic (exact) mass is 288 g/mol. The summed E-state index contributed by atoms with van der Waals surface area (Å²) in [5.74, 6) is 0. The van der Waals surface area contributed by atoms with Crippen molar-refractivity contribution in [1.82, 2.24) is 4.48 Å². The predicted molar refractivity (Wildman–Crippen MR) is 96.6 cm³/mol. The highest BCUT2D eigenvalue weighted by molar-refractivity contribution is 6.57. The van der Waals surface area contributed by atoms with Gasteiger partial charge in [-0.2, -0.15) is 0 Å². The third kappa shape index (κ3) is 2.71. The Morgan fingerprint density at radius 1 is 1.05 bits per heavy atom. The van der Waals surface area contributed by atoms with Crippen LogP contribution >= 0.6 is 0 Å². The van der Waals surface area contributed by atoms with Crippen LogP contribution < -0.4 is 0 Å². The molecule has 2 nitrogen and oxygen atoms in total. The molecule has 2 heterocycles. The molecule has 1 aliphatic heterocycles. The van der Waals surface area contributed by atoms with Crippen molar-refractivity contribution in [2.24, 2.45) is 4.99 Å². The molecular weight excluding hydrogens is 267 g/mol. The van der Waals surface area contributed by atoms with Gasteiger partial charge >= 0.3 is 0 Å². The molecule has 0 N–H and O–H groups in total. The highest BCUT2D eigenvalue weighted by Gasteiger charge is 2.19. The molecule has 0 saturated carbocycles. The summed E-state index contributed by atoms with van der Waals surface area (Å²) in [4.78, 5) is 4.55. The van der Waals surface area contributed by atoms with Gasteiger partial charge in [0.25, 0.3) is 6.85 Å². The van der Waals surface area contributed by atoms with Gasteiger partial charge in [-0.1, -0.05) is 56.8 Å². The molecule has 3 heteroatoms. The van der Waals surface area contributed by atoms with Crippen LogP contribution in [-0.2, 0) is 0 Å². The molecule has 1 aromatic heterocycles. The van der Waals surface area contributed by atoms with Crippen molar-refractivity contribution in [3.63, 3.8) is 0 Å². The standard InChI is InChI=1S/C19H21BN2/c1-3-20(4-2)22-15-9-13-18(22)19(17-12-8-14-21-17)16-10-6-5-7-11-16/h5-15H,3-4H2,1-2H3/b19-17+. The van der Waals surface area contributed by atoms with Crippen molar-refractivity contribution in [2.45, 2.75) is 26.5 Å². The number of hydrogen-bond acceptors (Lipinski definition) is 1. The fourth-order valence-corrected chi connectivity index (χ4v) is 3.09. The summed E-state index contributed by atoms with van der Waals surface area (Å²) in [5.41, 5.74) is 4.71. The highest BCUT2D eigenvalue weighted by atomic mass is 14.9. The molecule has 0 spiro atoms. The van der Waals surface area contributed by atoms with Gasteiger partial charge in [-0.3, -0.25) is 4.99 Å². The molecule has 1 aliphatic rings. The molecule has 0 amide bonds. The van der Waals surface area contributed by atoms with Gasteiger partial charge in [0, 0.05) is 17.5 Å². The largest absolute Gasteiger partial charge is 0.392 e. The molecule has 2 aromatic rings. The first-order valence-corrected chi connectivity index (χ1v) is 8.02. The van der Waals surface area contributed by atoms with E-state index in [0.717, 1.165) is 18.3 Å². The van der Waals surface area contributed by atoms with E-state index in [0.29, 0.717) is 6.85 Å². The number of aliphatic imine (C=N–C) groups is 1. The Kier molecular flexibility index (Phi) is 4.43. The summed E-state index contributed by atoms with van der Waals surface area (Å²) in [7, 11) is 0. The second-order valence-electron chi connectivity index (χ2n) is 5.53. The van der Waals surface area contributed by atoms with Crippen molar-refractivity contribution in [3.05, 3.63) is 77.8 Å². The first-order chi connectivity index (χ1) is 10.8. The SMILES string of the molecule is CCB(CC)n1cccc1/C(=C1\C=CC=N1)c1ccccc1. The van der Waals surface area contributed by atoms with Crippen molar-refractivity contribution in [3.8, 4) is 0 Å². The zero-order valence-corrected chi connectivity index (χ0v) is 13.2. The Morgan fingerprint density at radius 2 is 1.82 bits per heavy atom. The van der Waals surface area contributed by atoms with Gasteiger partial charge in [-0.25, -0.2) is 0 Å². The van der Waals surface area contributed by atoms with Gasteiger partial charge in [0.05, 0.1) is 5.70 Å². The van der Waals surface area contributed by atoms with Crippen molar-refractivity contribution in [2.75, 3.05) is 0 Å². The minimum absolute atomic E-state index is 0.527. The fourth-order valence-electron chi connectivity index (χ4n) is 3.09. The lowest BCUT2D eigenvalue weighted by molar-refractivity contribution is 1.09. The Balaban J connectivity index is 2.17. The summed E-state index contributed by atoms with van der Waals surface area (Å²) >= 11 is 0. The number of rotatable bonds is 5. The van der Waals surface area contributed by atoms with Crippen LogP contribution in [0.15, 0.2) is 71.5 Å². The van der Waals surface area contributed by atoms with Crippen LogP contribution in [0.1, 0.15) is 25.1 Å². The molecule has 0 unspecified atom stereocenters. The third-order valence-corrected chi connectivity index (χ3v) is 4.24. The van der Waals surface area contributed by atoms with E-state index >= 15 is 0 Å². The van der Waals surface area contributed by atoms with Crippen molar-refractivity contribution >= 4 is 18.6 Å². The van der Waals surface area contributed by atoms with E-state index in [4.69, 9.17) is 0 Å². The summed E-state index contributed by atoms with van der Waals surface area (Å²) in [6.07, 6.45) is 10.4. The molecule has 0 fully saturated rings. The van der Waals surface area contributed by atoms with E-state index in [1.807, 2.05) is 12.3 Å². The van der Waals surface area contributed by atoms with Gasteiger partial charge in [-0.05, 0) is 36.0 Å². The number of hydrogen-bond donors (Lipinski definition) is 0. The molecule has 0 radical (unpaired) electrons. The molecule has 110 valence electrons.